The van der Waals surface area contributed by atoms with Gasteiger partial charge in [-0.3, -0.25) is 9.59 Å². The fraction of sp³-hybridized carbons (Fsp3) is 0.364. The number of nitrogens with one attached hydrogen (secondary N) is 1. The van der Waals surface area contributed by atoms with Gasteiger partial charge in [-0.2, -0.15) is 0 Å². The smallest absolute Gasteiger partial charge is 0.325 e. The number of pyridine rings is 1. The van der Waals surface area contributed by atoms with Gasteiger partial charge in [0, 0.05) is 13.2 Å². The van der Waals surface area contributed by atoms with Gasteiger partial charge in [-0.1, -0.05) is 11.6 Å². The van der Waals surface area contributed by atoms with E-state index < -0.39 is 12.0 Å². The van der Waals surface area contributed by atoms with Crippen LogP contribution in [0.25, 0.3) is 0 Å². The van der Waals surface area contributed by atoms with Crippen LogP contribution in [0.15, 0.2) is 18.3 Å². The molecule has 0 radical (unpaired) electrons. The Bertz CT molecular complexity index is 436. The van der Waals surface area contributed by atoms with Crippen molar-refractivity contribution in [2.75, 3.05) is 18.5 Å². The third-order valence-corrected chi connectivity index (χ3v) is 2.46. The summed E-state index contributed by atoms with van der Waals surface area (Å²) >= 11 is 5.70. The molecule has 0 saturated carbocycles. The highest BCUT2D eigenvalue weighted by molar-refractivity contribution is 6.30. The van der Waals surface area contributed by atoms with Crippen molar-refractivity contribution in [1.82, 2.24) is 10.3 Å². The Balaban J connectivity index is 2.54. The van der Waals surface area contributed by atoms with Crippen molar-refractivity contribution < 1.29 is 14.7 Å². The molecule has 0 aliphatic carbocycles. The first-order valence-corrected chi connectivity index (χ1v) is 5.63. The van der Waals surface area contributed by atoms with E-state index in [1.807, 2.05) is 0 Å². The minimum atomic E-state index is -1.07. The van der Waals surface area contributed by atoms with Crippen LogP contribution in [-0.4, -0.2) is 41.6 Å². The van der Waals surface area contributed by atoms with Crippen molar-refractivity contribution in [2.24, 2.45) is 0 Å². The Morgan fingerprint density at radius 2 is 2.22 bits per heavy atom. The molecule has 1 aromatic heterocycles. The van der Waals surface area contributed by atoms with Gasteiger partial charge in [-0.05, 0) is 19.1 Å². The topological polar surface area (TPSA) is 82.5 Å². The first-order valence-electron chi connectivity index (χ1n) is 5.25. The molecule has 1 atom stereocenters. The summed E-state index contributed by atoms with van der Waals surface area (Å²) in [5.41, 5.74) is 0. The number of amides is 1. The van der Waals surface area contributed by atoms with E-state index in [-0.39, 0.29) is 12.5 Å². The molecule has 0 aliphatic heterocycles. The molecule has 0 fully saturated rings. The molecule has 0 aromatic carbocycles. The molecule has 18 heavy (non-hydrogen) atoms. The Hall–Kier alpha value is -1.82. The summed E-state index contributed by atoms with van der Waals surface area (Å²) < 4.78 is 0. The summed E-state index contributed by atoms with van der Waals surface area (Å²) in [5.74, 6) is -0.878. The molecular formula is C11H14ClN3O3. The van der Waals surface area contributed by atoms with Crippen molar-refractivity contribution in [1.29, 1.82) is 0 Å². The van der Waals surface area contributed by atoms with Gasteiger partial charge in [-0.25, -0.2) is 4.98 Å². The zero-order chi connectivity index (χ0) is 13.7. The number of aliphatic carboxylic acids is 1. The van der Waals surface area contributed by atoms with E-state index in [0.29, 0.717) is 10.8 Å². The number of hydrogen-bond donors (Lipinski definition) is 2. The number of carboxylic acids is 1. The van der Waals surface area contributed by atoms with E-state index in [1.54, 1.807) is 24.1 Å². The summed E-state index contributed by atoms with van der Waals surface area (Å²) in [5, 5.41) is 11.5. The Morgan fingerprint density at radius 1 is 1.56 bits per heavy atom. The molecule has 1 aromatic rings. The third-order valence-electron chi connectivity index (χ3n) is 2.23. The van der Waals surface area contributed by atoms with E-state index in [2.05, 4.69) is 10.3 Å². The van der Waals surface area contributed by atoms with Gasteiger partial charge in [0.25, 0.3) is 0 Å². The van der Waals surface area contributed by atoms with E-state index in [0.717, 1.165) is 0 Å². The summed E-state index contributed by atoms with van der Waals surface area (Å²) in [6, 6.07) is 2.43. The standard InChI is InChI=1S/C11H14ClN3O3/c1-7(11(17)18)14-10(16)6-15(2)9-4-3-8(12)5-13-9/h3-5,7H,6H2,1-2H3,(H,14,16)(H,17,18). The van der Waals surface area contributed by atoms with Gasteiger partial charge in [0.15, 0.2) is 0 Å². The number of nitrogens with zero attached hydrogens (tertiary/aromatic N) is 2. The molecule has 6 nitrogen and oxygen atoms in total. The third kappa shape index (κ3) is 4.21. The summed E-state index contributed by atoms with van der Waals surface area (Å²) in [4.78, 5) is 27.8. The Morgan fingerprint density at radius 3 is 2.72 bits per heavy atom. The maximum Gasteiger partial charge on any atom is 0.325 e. The lowest BCUT2D eigenvalue weighted by atomic mass is 10.3. The average molecular weight is 272 g/mol. The Labute approximate surface area is 110 Å². The monoisotopic (exact) mass is 271 g/mol. The molecule has 0 aliphatic rings. The van der Waals surface area contributed by atoms with Crippen LogP contribution in [0.1, 0.15) is 6.92 Å². The second-order valence-electron chi connectivity index (χ2n) is 3.82. The van der Waals surface area contributed by atoms with Gasteiger partial charge in [0.1, 0.15) is 11.9 Å². The molecule has 0 spiro atoms. The Kier molecular flexibility index (Phi) is 4.91. The molecule has 1 heterocycles. The molecule has 7 heteroatoms. The molecular weight excluding hydrogens is 258 g/mol. The predicted molar refractivity (Wildman–Crippen MR) is 67.8 cm³/mol. The summed E-state index contributed by atoms with van der Waals surface area (Å²) in [7, 11) is 1.68. The van der Waals surface area contributed by atoms with Crippen LogP contribution in [0.5, 0.6) is 0 Å². The molecule has 0 bridgehead atoms. The fourth-order valence-electron chi connectivity index (χ4n) is 1.24. The van der Waals surface area contributed by atoms with Gasteiger partial charge in [0.05, 0.1) is 11.6 Å². The SMILES string of the molecule is CC(NC(=O)CN(C)c1ccc(Cl)cn1)C(=O)O. The van der Waals surface area contributed by atoms with Gasteiger partial charge < -0.3 is 15.3 Å². The number of hydrogen-bond acceptors (Lipinski definition) is 4. The number of anilines is 1. The van der Waals surface area contributed by atoms with Crippen molar-refractivity contribution in [3.63, 3.8) is 0 Å². The van der Waals surface area contributed by atoms with Crippen LogP contribution in [0.2, 0.25) is 5.02 Å². The van der Waals surface area contributed by atoms with Gasteiger partial charge in [0.2, 0.25) is 5.91 Å². The lowest BCUT2D eigenvalue weighted by molar-refractivity contribution is -0.141. The highest BCUT2D eigenvalue weighted by Crippen LogP contribution is 2.12. The average Bonchev–Trinajstić information content (AvgIpc) is 2.29. The van der Waals surface area contributed by atoms with E-state index in [1.165, 1.54) is 13.1 Å². The lowest BCUT2D eigenvalue weighted by Gasteiger charge is -2.18. The number of aromatic nitrogens is 1. The highest BCUT2D eigenvalue weighted by atomic mass is 35.5. The van der Waals surface area contributed by atoms with Crippen LogP contribution >= 0.6 is 11.6 Å². The molecule has 98 valence electrons. The van der Waals surface area contributed by atoms with Crippen molar-refractivity contribution in [3.05, 3.63) is 23.4 Å². The fourth-order valence-corrected chi connectivity index (χ4v) is 1.35. The van der Waals surface area contributed by atoms with Crippen LogP contribution in [-0.2, 0) is 9.59 Å². The second-order valence-corrected chi connectivity index (χ2v) is 4.25. The van der Waals surface area contributed by atoms with Crippen molar-refractivity contribution in [3.8, 4) is 0 Å². The molecule has 1 rings (SSSR count). The number of carbonyl (C=O) groups is 2. The van der Waals surface area contributed by atoms with Crippen molar-refractivity contribution in [2.45, 2.75) is 13.0 Å². The minimum Gasteiger partial charge on any atom is -0.480 e. The van der Waals surface area contributed by atoms with Crippen LogP contribution in [0.4, 0.5) is 5.82 Å². The number of carboxylic acid groups (broad SMARTS) is 1. The summed E-state index contributed by atoms with van der Waals surface area (Å²) in [6.45, 7) is 1.42. The largest absolute Gasteiger partial charge is 0.480 e. The number of halogens is 1. The molecule has 1 amide bonds. The van der Waals surface area contributed by atoms with E-state index >= 15 is 0 Å². The van der Waals surface area contributed by atoms with Crippen LogP contribution in [0.3, 0.4) is 0 Å². The van der Waals surface area contributed by atoms with Gasteiger partial charge >= 0.3 is 5.97 Å². The van der Waals surface area contributed by atoms with Crippen LogP contribution < -0.4 is 10.2 Å². The molecule has 2 N–H and O–H groups in total. The molecule has 0 saturated heterocycles. The quantitative estimate of drug-likeness (QED) is 0.826. The maximum atomic E-state index is 11.5. The molecule has 1 unspecified atom stereocenters. The predicted octanol–water partition coefficient (Wildman–Crippen LogP) is 0.760. The van der Waals surface area contributed by atoms with E-state index in [4.69, 9.17) is 16.7 Å². The maximum absolute atomic E-state index is 11.5. The first kappa shape index (κ1) is 14.2. The number of carbonyl (C=O) groups excluding carboxylic acids is 1. The van der Waals surface area contributed by atoms with Gasteiger partial charge in [-0.15, -0.1) is 0 Å². The number of rotatable bonds is 5. The van der Waals surface area contributed by atoms with Crippen molar-refractivity contribution >= 4 is 29.3 Å². The lowest BCUT2D eigenvalue weighted by Crippen LogP contribution is -2.43. The summed E-state index contributed by atoms with van der Waals surface area (Å²) in [6.07, 6.45) is 1.48. The minimum absolute atomic E-state index is 0.0201. The normalized spacial score (nSPS) is 11.7. The zero-order valence-electron chi connectivity index (χ0n) is 10.1. The highest BCUT2D eigenvalue weighted by Gasteiger charge is 2.15. The number of likely N-dealkylation sites (N-methyl/N-ethyl adjacent to an activating group) is 1. The second kappa shape index (κ2) is 6.20. The van der Waals surface area contributed by atoms with E-state index in [9.17, 15) is 9.59 Å². The van der Waals surface area contributed by atoms with Crippen LogP contribution in [0, 0.1) is 0 Å². The zero-order valence-corrected chi connectivity index (χ0v) is 10.8. The first-order chi connectivity index (χ1) is 8.40.